The summed E-state index contributed by atoms with van der Waals surface area (Å²) in [6.07, 6.45) is 3.90. The van der Waals surface area contributed by atoms with Crippen LogP contribution < -0.4 is 5.32 Å². The van der Waals surface area contributed by atoms with Crippen molar-refractivity contribution in [2.75, 3.05) is 13.2 Å². The Bertz CT molecular complexity index is 381. The van der Waals surface area contributed by atoms with E-state index in [1.807, 2.05) is 14.0 Å². The predicted octanol–water partition coefficient (Wildman–Crippen LogP) is 0.637. The molecule has 1 saturated heterocycles. The molecule has 0 spiro atoms. The Morgan fingerprint density at radius 3 is 3.12 bits per heavy atom. The van der Waals surface area contributed by atoms with E-state index in [9.17, 15) is 4.79 Å². The highest BCUT2D eigenvalue weighted by Gasteiger charge is 2.18. The molecule has 0 aromatic carbocycles. The summed E-state index contributed by atoms with van der Waals surface area (Å²) in [5.41, 5.74) is 1.52. The number of nitrogens with one attached hydrogen (secondary N) is 1. The molecule has 1 aliphatic heterocycles. The molecule has 1 amide bonds. The average Bonchev–Trinajstić information content (AvgIpc) is 2.88. The fourth-order valence-corrected chi connectivity index (χ4v) is 1.83. The van der Waals surface area contributed by atoms with E-state index in [4.69, 9.17) is 4.74 Å². The quantitative estimate of drug-likeness (QED) is 0.818. The van der Waals surface area contributed by atoms with Crippen LogP contribution in [-0.4, -0.2) is 34.9 Å². The van der Waals surface area contributed by atoms with Crippen LogP contribution in [0.2, 0.25) is 0 Å². The maximum Gasteiger partial charge on any atom is 0.254 e. The molecule has 1 aromatic heterocycles. The van der Waals surface area contributed by atoms with Crippen molar-refractivity contribution >= 4 is 5.91 Å². The molecule has 1 fully saturated rings. The minimum absolute atomic E-state index is 0.0684. The molecule has 2 heterocycles. The van der Waals surface area contributed by atoms with E-state index in [2.05, 4.69) is 10.4 Å². The molecule has 5 nitrogen and oxygen atoms in total. The SMILES string of the molecule is Cc1c(C(=O)NC[C@H]2CCCO2)cnn1C. The van der Waals surface area contributed by atoms with Crippen LogP contribution in [0.5, 0.6) is 0 Å². The van der Waals surface area contributed by atoms with Gasteiger partial charge in [-0.25, -0.2) is 0 Å². The number of aromatic nitrogens is 2. The fourth-order valence-electron chi connectivity index (χ4n) is 1.83. The average molecular weight is 223 g/mol. The number of ether oxygens (including phenoxy) is 1. The van der Waals surface area contributed by atoms with E-state index in [1.165, 1.54) is 0 Å². The van der Waals surface area contributed by atoms with Gasteiger partial charge in [0.05, 0.1) is 17.9 Å². The summed E-state index contributed by atoms with van der Waals surface area (Å²) in [5, 5.41) is 6.92. The van der Waals surface area contributed by atoms with Gasteiger partial charge in [-0.15, -0.1) is 0 Å². The molecule has 1 aliphatic rings. The van der Waals surface area contributed by atoms with Crippen molar-refractivity contribution in [1.29, 1.82) is 0 Å². The third-order valence-corrected chi connectivity index (χ3v) is 2.99. The first kappa shape index (κ1) is 11.1. The van der Waals surface area contributed by atoms with Crippen LogP contribution in [0.15, 0.2) is 6.20 Å². The van der Waals surface area contributed by atoms with Gasteiger partial charge in [0.2, 0.25) is 0 Å². The Balaban J connectivity index is 1.90. The minimum atomic E-state index is -0.0684. The number of aryl methyl sites for hydroxylation is 1. The second kappa shape index (κ2) is 4.65. The molecule has 0 unspecified atom stereocenters. The topological polar surface area (TPSA) is 56.1 Å². The van der Waals surface area contributed by atoms with Crippen LogP contribution in [-0.2, 0) is 11.8 Å². The van der Waals surface area contributed by atoms with Crippen molar-refractivity contribution in [3.63, 3.8) is 0 Å². The third kappa shape index (κ3) is 2.24. The highest BCUT2D eigenvalue weighted by molar-refractivity contribution is 5.95. The van der Waals surface area contributed by atoms with Crippen LogP contribution in [0, 0.1) is 6.92 Å². The minimum Gasteiger partial charge on any atom is -0.376 e. The van der Waals surface area contributed by atoms with Gasteiger partial charge in [-0.3, -0.25) is 9.48 Å². The molecule has 16 heavy (non-hydrogen) atoms. The molecule has 0 bridgehead atoms. The van der Waals surface area contributed by atoms with Gasteiger partial charge in [0.25, 0.3) is 5.91 Å². The van der Waals surface area contributed by atoms with Gasteiger partial charge in [-0.1, -0.05) is 0 Å². The lowest BCUT2D eigenvalue weighted by Crippen LogP contribution is -2.31. The summed E-state index contributed by atoms with van der Waals surface area (Å²) < 4.78 is 7.13. The van der Waals surface area contributed by atoms with Crippen molar-refractivity contribution < 1.29 is 9.53 Å². The number of carbonyl (C=O) groups excluding carboxylic acids is 1. The summed E-state index contributed by atoms with van der Waals surface area (Å²) >= 11 is 0. The van der Waals surface area contributed by atoms with E-state index in [0.717, 1.165) is 25.1 Å². The van der Waals surface area contributed by atoms with Gasteiger partial charge in [0.15, 0.2) is 0 Å². The molecular formula is C11H17N3O2. The summed E-state index contributed by atoms with van der Waals surface area (Å²) in [6.45, 7) is 3.29. The highest BCUT2D eigenvalue weighted by atomic mass is 16.5. The maximum atomic E-state index is 11.8. The van der Waals surface area contributed by atoms with Crippen LogP contribution in [0.1, 0.15) is 28.9 Å². The zero-order valence-electron chi connectivity index (χ0n) is 9.69. The molecule has 0 aliphatic carbocycles. The first-order valence-corrected chi connectivity index (χ1v) is 5.57. The Morgan fingerprint density at radius 2 is 2.56 bits per heavy atom. The molecule has 0 saturated carbocycles. The molecule has 0 radical (unpaired) electrons. The standard InChI is InChI=1S/C11H17N3O2/c1-8-10(7-13-14(8)2)11(15)12-6-9-4-3-5-16-9/h7,9H,3-6H2,1-2H3,(H,12,15)/t9-/m1/s1. The Labute approximate surface area is 94.8 Å². The number of hydrogen-bond acceptors (Lipinski definition) is 3. The monoisotopic (exact) mass is 223 g/mol. The van der Waals surface area contributed by atoms with Crippen LogP contribution in [0.25, 0.3) is 0 Å². The summed E-state index contributed by atoms with van der Waals surface area (Å²) in [7, 11) is 1.83. The van der Waals surface area contributed by atoms with Gasteiger partial charge in [0.1, 0.15) is 0 Å². The maximum absolute atomic E-state index is 11.8. The van der Waals surface area contributed by atoms with Crippen molar-refractivity contribution in [3.8, 4) is 0 Å². The van der Waals surface area contributed by atoms with Gasteiger partial charge in [-0.2, -0.15) is 5.10 Å². The number of carbonyl (C=O) groups is 1. The molecule has 1 atom stereocenters. The van der Waals surface area contributed by atoms with Crippen molar-refractivity contribution in [2.45, 2.75) is 25.9 Å². The van der Waals surface area contributed by atoms with E-state index < -0.39 is 0 Å². The summed E-state index contributed by atoms with van der Waals surface area (Å²) in [5.74, 6) is -0.0684. The smallest absolute Gasteiger partial charge is 0.254 e. The van der Waals surface area contributed by atoms with Gasteiger partial charge in [-0.05, 0) is 19.8 Å². The zero-order chi connectivity index (χ0) is 11.5. The largest absolute Gasteiger partial charge is 0.376 e. The highest BCUT2D eigenvalue weighted by Crippen LogP contribution is 2.11. The molecule has 5 heteroatoms. The van der Waals surface area contributed by atoms with Crippen LogP contribution >= 0.6 is 0 Å². The Hall–Kier alpha value is -1.36. The zero-order valence-corrected chi connectivity index (χ0v) is 9.69. The second-order valence-electron chi connectivity index (χ2n) is 4.11. The lowest BCUT2D eigenvalue weighted by Gasteiger charge is -2.10. The number of amides is 1. The van der Waals surface area contributed by atoms with Gasteiger partial charge in [0, 0.05) is 25.9 Å². The van der Waals surface area contributed by atoms with Crippen LogP contribution in [0.3, 0.4) is 0 Å². The molecule has 1 aromatic rings. The van der Waals surface area contributed by atoms with E-state index in [-0.39, 0.29) is 12.0 Å². The van der Waals surface area contributed by atoms with Crippen molar-refractivity contribution in [2.24, 2.45) is 7.05 Å². The molecular weight excluding hydrogens is 206 g/mol. The van der Waals surface area contributed by atoms with Gasteiger partial charge >= 0.3 is 0 Å². The first-order valence-electron chi connectivity index (χ1n) is 5.57. The van der Waals surface area contributed by atoms with Crippen molar-refractivity contribution in [3.05, 3.63) is 17.5 Å². The second-order valence-corrected chi connectivity index (χ2v) is 4.11. The predicted molar refractivity (Wildman–Crippen MR) is 59.3 cm³/mol. The van der Waals surface area contributed by atoms with Crippen molar-refractivity contribution in [1.82, 2.24) is 15.1 Å². The first-order chi connectivity index (χ1) is 7.68. The number of rotatable bonds is 3. The summed E-state index contributed by atoms with van der Waals surface area (Å²) in [4.78, 5) is 11.8. The lowest BCUT2D eigenvalue weighted by atomic mass is 10.2. The normalized spacial score (nSPS) is 20.0. The lowest BCUT2D eigenvalue weighted by molar-refractivity contribution is 0.0857. The number of hydrogen-bond donors (Lipinski definition) is 1. The Kier molecular flexibility index (Phi) is 3.24. The van der Waals surface area contributed by atoms with E-state index in [1.54, 1.807) is 10.9 Å². The van der Waals surface area contributed by atoms with Gasteiger partial charge < -0.3 is 10.1 Å². The molecule has 88 valence electrons. The Morgan fingerprint density at radius 1 is 1.75 bits per heavy atom. The molecule has 2 rings (SSSR count). The van der Waals surface area contributed by atoms with Crippen LogP contribution in [0.4, 0.5) is 0 Å². The van der Waals surface area contributed by atoms with E-state index >= 15 is 0 Å². The third-order valence-electron chi connectivity index (χ3n) is 2.99. The molecule has 1 N–H and O–H groups in total. The fraction of sp³-hybridized carbons (Fsp3) is 0.636. The summed E-state index contributed by atoms with van der Waals surface area (Å²) in [6, 6.07) is 0. The van der Waals surface area contributed by atoms with E-state index in [0.29, 0.717) is 12.1 Å². The number of nitrogens with zero attached hydrogens (tertiary/aromatic N) is 2.